The van der Waals surface area contributed by atoms with Crippen molar-refractivity contribution in [2.45, 2.75) is 6.92 Å². The van der Waals surface area contributed by atoms with E-state index in [1.54, 1.807) is 24.3 Å². The van der Waals surface area contributed by atoms with Crippen LogP contribution in [-0.2, 0) is 14.3 Å². The topological polar surface area (TPSA) is 77.5 Å². The number of carbonyl (C=O) groups excluding carboxylic acids is 2. The molecule has 0 spiro atoms. The van der Waals surface area contributed by atoms with Gasteiger partial charge in [0.25, 0.3) is 5.91 Å². The van der Waals surface area contributed by atoms with Gasteiger partial charge in [-0.05, 0) is 30.7 Å². The monoisotopic (exact) mass is 334 g/mol. The zero-order valence-electron chi connectivity index (χ0n) is 12.4. The van der Waals surface area contributed by atoms with Crippen molar-refractivity contribution in [2.75, 3.05) is 18.5 Å². The quantitative estimate of drug-likeness (QED) is 0.649. The number of pyridine rings is 1. The maximum absolute atomic E-state index is 11.7. The summed E-state index contributed by atoms with van der Waals surface area (Å²) < 4.78 is 10.2. The molecule has 0 aliphatic rings. The fourth-order valence-corrected chi connectivity index (χ4v) is 1.87. The number of carbonyl (C=O) groups is 2. The maximum atomic E-state index is 11.7. The van der Waals surface area contributed by atoms with Crippen LogP contribution in [0.2, 0.25) is 5.15 Å². The molecular formula is C16H15ClN2O4. The summed E-state index contributed by atoms with van der Waals surface area (Å²) in [6.45, 7) is 1.17. The number of para-hydroxylation sites is 1. The average Bonchev–Trinajstić information content (AvgIpc) is 2.54. The molecule has 2 rings (SSSR count). The summed E-state index contributed by atoms with van der Waals surface area (Å²) in [5, 5.41) is 2.66. The van der Waals surface area contributed by atoms with Crippen molar-refractivity contribution in [3.05, 3.63) is 53.3 Å². The van der Waals surface area contributed by atoms with E-state index in [4.69, 9.17) is 21.1 Å². The second-order valence-electron chi connectivity index (χ2n) is 4.60. The van der Waals surface area contributed by atoms with Crippen molar-refractivity contribution in [3.8, 4) is 5.75 Å². The number of rotatable bonds is 6. The Morgan fingerprint density at radius 1 is 1.17 bits per heavy atom. The van der Waals surface area contributed by atoms with E-state index >= 15 is 0 Å². The summed E-state index contributed by atoms with van der Waals surface area (Å²) in [4.78, 5) is 27.1. The molecule has 0 saturated carbocycles. The molecular weight excluding hydrogens is 320 g/mol. The molecule has 23 heavy (non-hydrogen) atoms. The van der Waals surface area contributed by atoms with Crippen molar-refractivity contribution < 1.29 is 19.1 Å². The molecule has 0 aliphatic heterocycles. The van der Waals surface area contributed by atoms with Gasteiger partial charge in [0.1, 0.15) is 5.75 Å². The molecule has 7 heteroatoms. The van der Waals surface area contributed by atoms with Gasteiger partial charge in [0.2, 0.25) is 0 Å². The Bertz CT molecular complexity index is 706. The molecule has 0 atom stereocenters. The van der Waals surface area contributed by atoms with E-state index in [0.29, 0.717) is 11.4 Å². The van der Waals surface area contributed by atoms with Gasteiger partial charge < -0.3 is 14.8 Å². The third-order valence-corrected chi connectivity index (χ3v) is 3.14. The summed E-state index contributed by atoms with van der Waals surface area (Å²) in [6, 6.07) is 10.5. The van der Waals surface area contributed by atoms with Gasteiger partial charge in [-0.2, -0.15) is 0 Å². The number of benzene rings is 1. The number of hydrogen-bond donors (Lipinski definition) is 1. The van der Waals surface area contributed by atoms with Gasteiger partial charge in [0, 0.05) is 6.20 Å². The Balaban J connectivity index is 1.75. The Hall–Kier alpha value is -2.60. The Labute approximate surface area is 138 Å². The second-order valence-corrected chi connectivity index (χ2v) is 4.96. The van der Waals surface area contributed by atoms with Crippen LogP contribution in [0.25, 0.3) is 0 Å². The van der Waals surface area contributed by atoms with Gasteiger partial charge in [-0.1, -0.05) is 29.8 Å². The first-order valence-corrected chi connectivity index (χ1v) is 7.18. The number of nitrogens with one attached hydrogen (secondary N) is 1. The van der Waals surface area contributed by atoms with Crippen LogP contribution in [0.5, 0.6) is 5.75 Å². The molecule has 1 aromatic carbocycles. The molecule has 0 radical (unpaired) electrons. The highest BCUT2D eigenvalue weighted by atomic mass is 35.5. The SMILES string of the molecule is Cc1ccccc1OCC(=O)OCC(=O)Nc1cccnc1Cl. The minimum absolute atomic E-state index is 0.162. The minimum atomic E-state index is -0.638. The molecule has 1 heterocycles. The first kappa shape index (κ1) is 16.8. The number of anilines is 1. The first-order valence-electron chi connectivity index (χ1n) is 6.80. The van der Waals surface area contributed by atoms with Crippen molar-refractivity contribution in [2.24, 2.45) is 0 Å². The molecule has 1 aromatic heterocycles. The van der Waals surface area contributed by atoms with Crippen molar-refractivity contribution in [1.82, 2.24) is 4.98 Å². The smallest absolute Gasteiger partial charge is 0.344 e. The largest absolute Gasteiger partial charge is 0.482 e. The average molecular weight is 335 g/mol. The number of amides is 1. The Kier molecular flexibility index (Phi) is 5.94. The highest BCUT2D eigenvalue weighted by Gasteiger charge is 2.11. The van der Waals surface area contributed by atoms with E-state index in [0.717, 1.165) is 5.56 Å². The van der Waals surface area contributed by atoms with Crippen LogP contribution in [0.3, 0.4) is 0 Å². The van der Waals surface area contributed by atoms with Crippen molar-refractivity contribution in [1.29, 1.82) is 0 Å². The predicted molar refractivity (Wildman–Crippen MR) is 85.5 cm³/mol. The maximum Gasteiger partial charge on any atom is 0.344 e. The molecule has 120 valence electrons. The Morgan fingerprint density at radius 3 is 2.70 bits per heavy atom. The molecule has 0 unspecified atom stereocenters. The third-order valence-electron chi connectivity index (χ3n) is 2.84. The number of aryl methyl sites for hydroxylation is 1. The van der Waals surface area contributed by atoms with E-state index in [-0.39, 0.29) is 11.8 Å². The van der Waals surface area contributed by atoms with Gasteiger partial charge in [-0.3, -0.25) is 4.79 Å². The fraction of sp³-hybridized carbons (Fsp3) is 0.188. The Morgan fingerprint density at radius 2 is 1.96 bits per heavy atom. The van der Waals surface area contributed by atoms with E-state index in [1.807, 2.05) is 19.1 Å². The predicted octanol–water partition coefficient (Wildman–Crippen LogP) is 2.60. The van der Waals surface area contributed by atoms with E-state index < -0.39 is 18.5 Å². The number of nitrogens with zero attached hydrogens (tertiary/aromatic N) is 1. The number of hydrogen-bond acceptors (Lipinski definition) is 5. The minimum Gasteiger partial charge on any atom is -0.482 e. The molecule has 0 bridgehead atoms. The van der Waals surface area contributed by atoms with Gasteiger partial charge in [-0.15, -0.1) is 0 Å². The van der Waals surface area contributed by atoms with Crippen LogP contribution in [0, 0.1) is 6.92 Å². The van der Waals surface area contributed by atoms with E-state index in [2.05, 4.69) is 10.3 Å². The lowest BCUT2D eigenvalue weighted by Gasteiger charge is -2.09. The lowest BCUT2D eigenvalue weighted by Crippen LogP contribution is -2.24. The highest BCUT2D eigenvalue weighted by Crippen LogP contribution is 2.17. The number of halogens is 1. The molecule has 0 aliphatic carbocycles. The summed E-state index contributed by atoms with van der Waals surface area (Å²) >= 11 is 5.81. The second kappa shape index (κ2) is 8.14. The molecule has 6 nitrogen and oxygen atoms in total. The zero-order valence-corrected chi connectivity index (χ0v) is 13.2. The summed E-state index contributed by atoms with van der Waals surface area (Å²) in [6.07, 6.45) is 1.50. The van der Waals surface area contributed by atoms with Gasteiger partial charge >= 0.3 is 5.97 Å². The summed E-state index contributed by atoms with van der Waals surface area (Å²) in [5.74, 6) is -0.555. The van der Waals surface area contributed by atoms with Crippen molar-refractivity contribution in [3.63, 3.8) is 0 Å². The molecule has 1 N–H and O–H groups in total. The lowest BCUT2D eigenvalue weighted by molar-refractivity contribution is -0.149. The normalized spacial score (nSPS) is 10.0. The summed E-state index contributed by atoms with van der Waals surface area (Å²) in [5.41, 5.74) is 1.26. The number of ether oxygens (including phenoxy) is 2. The van der Waals surface area contributed by atoms with Gasteiger partial charge in [-0.25, -0.2) is 9.78 Å². The van der Waals surface area contributed by atoms with Crippen LogP contribution < -0.4 is 10.1 Å². The molecule has 1 amide bonds. The van der Waals surface area contributed by atoms with Crippen molar-refractivity contribution >= 4 is 29.2 Å². The van der Waals surface area contributed by atoms with Crippen LogP contribution in [-0.4, -0.2) is 30.1 Å². The standard InChI is InChI=1S/C16H15ClN2O4/c1-11-5-2-3-7-13(11)22-10-15(21)23-9-14(20)19-12-6-4-8-18-16(12)17/h2-8H,9-10H2,1H3,(H,19,20). The van der Waals surface area contributed by atoms with Crippen LogP contribution in [0.15, 0.2) is 42.6 Å². The van der Waals surface area contributed by atoms with Crippen LogP contribution >= 0.6 is 11.6 Å². The molecule has 0 fully saturated rings. The number of esters is 1. The van der Waals surface area contributed by atoms with E-state index in [9.17, 15) is 9.59 Å². The lowest BCUT2D eigenvalue weighted by atomic mass is 10.2. The fourth-order valence-electron chi connectivity index (χ4n) is 1.71. The van der Waals surface area contributed by atoms with E-state index in [1.165, 1.54) is 6.20 Å². The number of aromatic nitrogens is 1. The molecule has 0 saturated heterocycles. The van der Waals surface area contributed by atoms with Crippen LogP contribution in [0.1, 0.15) is 5.56 Å². The molecule has 2 aromatic rings. The van der Waals surface area contributed by atoms with Crippen LogP contribution in [0.4, 0.5) is 5.69 Å². The highest BCUT2D eigenvalue weighted by molar-refractivity contribution is 6.32. The van der Waals surface area contributed by atoms with Gasteiger partial charge in [0.15, 0.2) is 18.4 Å². The van der Waals surface area contributed by atoms with Gasteiger partial charge in [0.05, 0.1) is 5.69 Å². The zero-order chi connectivity index (χ0) is 16.7. The first-order chi connectivity index (χ1) is 11.1. The summed E-state index contributed by atoms with van der Waals surface area (Å²) in [7, 11) is 0. The third kappa shape index (κ3) is 5.27.